The van der Waals surface area contributed by atoms with Crippen LogP contribution in [0.25, 0.3) is 0 Å². The van der Waals surface area contributed by atoms with E-state index in [0.717, 1.165) is 11.1 Å². The van der Waals surface area contributed by atoms with Crippen molar-refractivity contribution in [1.82, 2.24) is 4.98 Å². The summed E-state index contributed by atoms with van der Waals surface area (Å²) in [5.74, 6) is 0.0779. The topological polar surface area (TPSA) is 33.1 Å². The number of aliphatic hydroxyl groups is 1. The van der Waals surface area contributed by atoms with E-state index in [1.165, 1.54) is 0 Å². The molecule has 2 nitrogen and oxygen atoms in total. The third-order valence-electron chi connectivity index (χ3n) is 3.15. The van der Waals surface area contributed by atoms with Crippen molar-refractivity contribution in [2.45, 2.75) is 19.4 Å². The van der Waals surface area contributed by atoms with Crippen LogP contribution in [0.15, 0.2) is 54.9 Å². The number of hydrogen-bond donors (Lipinski definition) is 1. The molecule has 0 bridgehead atoms. The van der Waals surface area contributed by atoms with Gasteiger partial charge in [-0.05, 0) is 17.5 Å². The molecule has 0 fully saturated rings. The van der Waals surface area contributed by atoms with Gasteiger partial charge in [0.1, 0.15) is 5.60 Å². The van der Waals surface area contributed by atoms with Gasteiger partial charge in [0.15, 0.2) is 0 Å². The Morgan fingerprint density at radius 1 is 1.00 bits per heavy atom. The van der Waals surface area contributed by atoms with Crippen molar-refractivity contribution in [2.24, 2.45) is 5.92 Å². The van der Waals surface area contributed by atoms with Crippen molar-refractivity contribution in [3.63, 3.8) is 0 Å². The first-order valence-electron chi connectivity index (χ1n) is 5.84. The van der Waals surface area contributed by atoms with Crippen molar-refractivity contribution in [3.8, 4) is 0 Å². The predicted molar refractivity (Wildman–Crippen MR) is 68.5 cm³/mol. The van der Waals surface area contributed by atoms with Crippen molar-refractivity contribution in [2.75, 3.05) is 0 Å². The zero-order chi connectivity index (χ0) is 12.3. The second kappa shape index (κ2) is 4.68. The van der Waals surface area contributed by atoms with Gasteiger partial charge < -0.3 is 5.11 Å². The van der Waals surface area contributed by atoms with Crippen molar-refractivity contribution < 1.29 is 5.11 Å². The van der Waals surface area contributed by atoms with E-state index in [-0.39, 0.29) is 5.92 Å². The molecule has 0 saturated heterocycles. The summed E-state index contributed by atoms with van der Waals surface area (Å²) in [6, 6.07) is 13.5. The molecule has 0 aliphatic heterocycles. The molecule has 1 unspecified atom stereocenters. The Morgan fingerprint density at radius 2 is 1.65 bits per heavy atom. The zero-order valence-electron chi connectivity index (χ0n) is 10.2. The largest absolute Gasteiger partial charge is 0.380 e. The highest BCUT2D eigenvalue weighted by Crippen LogP contribution is 2.35. The lowest BCUT2D eigenvalue weighted by atomic mass is 9.78. The quantitative estimate of drug-likeness (QED) is 0.874. The van der Waals surface area contributed by atoms with E-state index in [4.69, 9.17) is 0 Å². The third kappa shape index (κ3) is 2.08. The summed E-state index contributed by atoms with van der Waals surface area (Å²) in [6.07, 6.45) is 3.45. The highest BCUT2D eigenvalue weighted by atomic mass is 16.3. The van der Waals surface area contributed by atoms with Crippen LogP contribution < -0.4 is 0 Å². The first-order chi connectivity index (χ1) is 8.15. The molecule has 0 radical (unpaired) electrons. The molecule has 2 rings (SSSR count). The molecule has 1 aromatic carbocycles. The fourth-order valence-electron chi connectivity index (χ4n) is 2.11. The van der Waals surface area contributed by atoms with Gasteiger partial charge in [0.25, 0.3) is 0 Å². The lowest BCUT2D eigenvalue weighted by Gasteiger charge is -2.33. The van der Waals surface area contributed by atoms with Crippen LogP contribution in [0.3, 0.4) is 0 Å². The van der Waals surface area contributed by atoms with Gasteiger partial charge in [-0.25, -0.2) is 0 Å². The van der Waals surface area contributed by atoms with Crippen LogP contribution in [-0.4, -0.2) is 10.1 Å². The molecule has 17 heavy (non-hydrogen) atoms. The Balaban J connectivity index is 2.55. The van der Waals surface area contributed by atoms with Gasteiger partial charge in [-0.3, -0.25) is 4.98 Å². The van der Waals surface area contributed by atoms with Crippen molar-refractivity contribution in [1.29, 1.82) is 0 Å². The number of rotatable bonds is 3. The standard InChI is InChI=1S/C15H17NO/c1-12(2)15(17,13-7-4-3-5-8-13)14-9-6-10-16-11-14/h3-12,17H,1-2H3. The summed E-state index contributed by atoms with van der Waals surface area (Å²) in [5.41, 5.74) is 0.763. The number of benzene rings is 1. The molecule has 2 heteroatoms. The molecule has 0 aliphatic rings. The highest BCUT2D eigenvalue weighted by molar-refractivity contribution is 5.35. The molecule has 0 spiro atoms. The minimum atomic E-state index is -0.977. The predicted octanol–water partition coefficient (Wildman–Crippen LogP) is 2.97. The van der Waals surface area contributed by atoms with Crippen LogP contribution in [-0.2, 0) is 5.60 Å². The van der Waals surface area contributed by atoms with E-state index in [1.807, 2.05) is 56.3 Å². The summed E-state index contributed by atoms with van der Waals surface area (Å²) in [7, 11) is 0. The first-order valence-corrected chi connectivity index (χ1v) is 5.84. The maximum Gasteiger partial charge on any atom is 0.118 e. The van der Waals surface area contributed by atoms with Gasteiger partial charge in [-0.15, -0.1) is 0 Å². The Labute approximate surface area is 102 Å². The van der Waals surface area contributed by atoms with E-state index in [9.17, 15) is 5.11 Å². The van der Waals surface area contributed by atoms with Crippen LogP contribution in [0.4, 0.5) is 0 Å². The SMILES string of the molecule is CC(C)C(O)(c1ccccc1)c1cccnc1. The second-order valence-corrected chi connectivity index (χ2v) is 4.53. The first kappa shape index (κ1) is 11.8. The summed E-state index contributed by atoms with van der Waals surface area (Å²) < 4.78 is 0. The molecule has 0 aliphatic carbocycles. The van der Waals surface area contributed by atoms with Gasteiger partial charge >= 0.3 is 0 Å². The van der Waals surface area contributed by atoms with Gasteiger partial charge in [0, 0.05) is 18.0 Å². The smallest absolute Gasteiger partial charge is 0.118 e. The van der Waals surface area contributed by atoms with E-state index in [2.05, 4.69) is 4.98 Å². The van der Waals surface area contributed by atoms with Gasteiger partial charge in [-0.1, -0.05) is 50.2 Å². The molecule has 1 N–H and O–H groups in total. The van der Waals surface area contributed by atoms with E-state index >= 15 is 0 Å². The number of pyridine rings is 1. The van der Waals surface area contributed by atoms with E-state index < -0.39 is 5.60 Å². The number of aromatic nitrogens is 1. The maximum absolute atomic E-state index is 11.0. The van der Waals surface area contributed by atoms with Crippen molar-refractivity contribution >= 4 is 0 Å². The molecule has 1 aromatic heterocycles. The minimum absolute atomic E-state index is 0.0779. The average molecular weight is 227 g/mol. The summed E-state index contributed by atoms with van der Waals surface area (Å²) in [6.45, 7) is 4.03. The van der Waals surface area contributed by atoms with Crippen LogP contribution in [0.2, 0.25) is 0 Å². The molecule has 1 atom stereocenters. The van der Waals surface area contributed by atoms with Gasteiger partial charge in [0.2, 0.25) is 0 Å². The van der Waals surface area contributed by atoms with Crippen LogP contribution in [0.5, 0.6) is 0 Å². The maximum atomic E-state index is 11.0. The Kier molecular flexibility index (Phi) is 3.25. The number of nitrogens with zero attached hydrogens (tertiary/aromatic N) is 1. The van der Waals surface area contributed by atoms with E-state index in [1.54, 1.807) is 12.4 Å². The fraction of sp³-hybridized carbons (Fsp3) is 0.267. The lowest BCUT2D eigenvalue weighted by Crippen LogP contribution is -2.33. The van der Waals surface area contributed by atoms with Crippen molar-refractivity contribution in [3.05, 3.63) is 66.0 Å². The molecule has 0 saturated carbocycles. The van der Waals surface area contributed by atoms with Gasteiger partial charge in [-0.2, -0.15) is 0 Å². The summed E-state index contributed by atoms with van der Waals surface area (Å²) >= 11 is 0. The monoisotopic (exact) mass is 227 g/mol. The van der Waals surface area contributed by atoms with Crippen LogP contribution in [0.1, 0.15) is 25.0 Å². The lowest BCUT2D eigenvalue weighted by molar-refractivity contribution is 0.0314. The Bertz CT molecular complexity index is 425. The molecular formula is C15H17NO. The Morgan fingerprint density at radius 3 is 2.18 bits per heavy atom. The molecule has 0 amide bonds. The molecule has 2 aromatic rings. The molecule has 1 heterocycles. The van der Waals surface area contributed by atoms with Gasteiger partial charge in [0.05, 0.1) is 0 Å². The average Bonchev–Trinajstić information content (AvgIpc) is 2.39. The minimum Gasteiger partial charge on any atom is -0.380 e. The van der Waals surface area contributed by atoms with Crippen LogP contribution in [0, 0.1) is 5.92 Å². The second-order valence-electron chi connectivity index (χ2n) is 4.53. The molecule has 88 valence electrons. The zero-order valence-corrected chi connectivity index (χ0v) is 10.2. The fourth-order valence-corrected chi connectivity index (χ4v) is 2.11. The normalized spacial score (nSPS) is 14.6. The summed E-state index contributed by atoms with van der Waals surface area (Å²) in [4.78, 5) is 4.10. The Hall–Kier alpha value is -1.67. The molecular weight excluding hydrogens is 210 g/mol. The third-order valence-corrected chi connectivity index (χ3v) is 3.15. The van der Waals surface area contributed by atoms with Crippen LogP contribution >= 0.6 is 0 Å². The highest BCUT2D eigenvalue weighted by Gasteiger charge is 2.35. The summed E-state index contributed by atoms with van der Waals surface area (Å²) in [5, 5.41) is 11.0. The number of hydrogen-bond acceptors (Lipinski definition) is 2. The van der Waals surface area contributed by atoms with E-state index in [0.29, 0.717) is 0 Å².